The molecule has 0 fully saturated rings. The van der Waals surface area contributed by atoms with Crippen LogP contribution in [0.15, 0.2) is 77.5 Å². The van der Waals surface area contributed by atoms with Gasteiger partial charge in [-0.2, -0.15) is 0 Å². The van der Waals surface area contributed by atoms with Crippen LogP contribution in [0.3, 0.4) is 0 Å². The van der Waals surface area contributed by atoms with E-state index >= 15 is 0 Å². The van der Waals surface area contributed by atoms with Crippen molar-refractivity contribution in [1.29, 1.82) is 0 Å². The van der Waals surface area contributed by atoms with Crippen LogP contribution in [0.1, 0.15) is 0 Å². The van der Waals surface area contributed by atoms with Crippen LogP contribution in [0.2, 0.25) is 0 Å². The summed E-state index contributed by atoms with van der Waals surface area (Å²) in [4.78, 5) is 9.03. The maximum atomic E-state index is 4.68. The first-order valence-corrected chi connectivity index (χ1v) is 8.02. The number of fused-ring (bicyclic) bond motifs is 1. The van der Waals surface area contributed by atoms with Gasteiger partial charge in [-0.3, -0.25) is 4.40 Å². The van der Waals surface area contributed by atoms with Gasteiger partial charge in [0.15, 0.2) is 0 Å². The Hall–Kier alpha value is -2.66. The average molecular weight is 365 g/mol. The first-order valence-electron chi connectivity index (χ1n) is 7.22. The van der Waals surface area contributed by atoms with Gasteiger partial charge in [-0.1, -0.05) is 46.3 Å². The third-order valence-corrected chi connectivity index (χ3v) is 4.09. The number of halogens is 1. The fourth-order valence-corrected chi connectivity index (χ4v) is 2.74. The summed E-state index contributed by atoms with van der Waals surface area (Å²) in [6.07, 6.45) is 3.71. The van der Waals surface area contributed by atoms with Gasteiger partial charge in [0.25, 0.3) is 0 Å². The predicted molar refractivity (Wildman–Crippen MR) is 95.8 cm³/mol. The minimum absolute atomic E-state index is 0.670. The van der Waals surface area contributed by atoms with E-state index in [2.05, 4.69) is 31.2 Å². The van der Waals surface area contributed by atoms with Crippen LogP contribution >= 0.6 is 15.9 Å². The zero-order chi connectivity index (χ0) is 15.6. The van der Waals surface area contributed by atoms with Gasteiger partial charge in [0, 0.05) is 28.1 Å². The number of nitrogens with zero attached hydrogens (tertiary/aromatic N) is 3. The molecule has 0 amide bonds. The van der Waals surface area contributed by atoms with Crippen molar-refractivity contribution in [1.82, 2.24) is 14.4 Å². The lowest BCUT2D eigenvalue weighted by molar-refractivity contribution is 1.11. The maximum Gasteiger partial charge on any atom is 0.235 e. The molecule has 0 saturated carbocycles. The Bertz CT molecular complexity index is 946. The van der Waals surface area contributed by atoms with E-state index in [0.29, 0.717) is 5.78 Å². The number of hydrogen-bond acceptors (Lipinski definition) is 3. The lowest BCUT2D eigenvalue weighted by Gasteiger charge is -2.08. The number of anilines is 2. The van der Waals surface area contributed by atoms with E-state index in [-0.39, 0.29) is 0 Å². The highest BCUT2D eigenvalue weighted by Gasteiger charge is 2.14. The van der Waals surface area contributed by atoms with Crippen molar-refractivity contribution in [3.05, 3.63) is 77.5 Å². The second-order valence-corrected chi connectivity index (χ2v) is 6.01. The highest BCUT2D eigenvalue weighted by Crippen LogP contribution is 2.31. The molecule has 2 aromatic heterocycles. The fraction of sp³-hybridized carbons (Fsp3) is 0. The van der Waals surface area contributed by atoms with Gasteiger partial charge < -0.3 is 5.32 Å². The highest BCUT2D eigenvalue weighted by atomic mass is 79.9. The molecule has 2 aromatic carbocycles. The van der Waals surface area contributed by atoms with Crippen LogP contribution in [0.5, 0.6) is 0 Å². The summed E-state index contributed by atoms with van der Waals surface area (Å²) in [7, 11) is 0. The molecule has 2 heterocycles. The van der Waals surface area contributed by atoms with Gasteiger partial charge >= 0.3 is 0 Å². The molecule has 0 atom stereocenters. The first kappa shape index (κ1) is 14.0. The summed E-state index contributed by atoms with van der Waals surface area (Å²) >= 11 is 3.47. The van der Waals surface area contributed by atoms with Gasteiger partial charge in [-0.15, -0.1) is 0 Å². The molecule has 4 nitrogen and oxygen atoms in total. The molecule has 0 radical (unpaired) electrons. The van der Waals surface area contributed by atoms with Crippen molar-refractivity contribution in [3.63, 3.8) is 0 Å². The lowest BCUT2D eigenvalue weighted by atomic mass is 10.1. The Kier molecular flexibility index (Phi) is 3.55. The molecular weight excluding hydrogens is 352 g/mol. The number of imidazole rings is 1. The maximum absolute atomic E-state index is 4.68. The smallest absolute Gasteiger partial charge is 0.235 e. The molecule has 0 unspecified atom stereocenters. The number of para-hydroxylation sites is 1. The van der Waals surface area contributed by atoms with Crippen LogP contribution in [-0.2, 0) is 0 Å². The zero-order valence-corrected chi connectivity index (χ0v) is 13.7. The largest absolute Gasteiger partial charge is 0.339 e. The molecule has 0 aliphatic carbocycles. The molecule has 0 aliphatic heterocycles. The summed E-state index contributed by atoms with van der Waals surface area (Å²) in [5.41, 5.74) is 2.92. The van der Waals surface area contributed by atoms with E-state index in [4.69, 9.17) is 0 Å². The van der Waals surface area contributed by atoms with Crippen LogP contribution in [0.4, 0.5) is 11.5 Å². The molecule has 0 aliphatic rings. The summed E-state index contributed by atoms with van der Waals surface area (Å²) in [5.74, 6) is 1.57. The quantitative estimate of drug-likeness (QED) is 0.561. The predicted octanol–water partition coefficient (Wildman–Crippen LogP) is 4.90. The van der Waals surface area contributed by atoms with Crippen molar-refractivity contribution in [2.24, 2.45) is 0 Å². The minimum atomic E-state index is 0.670. The molecule has 5 heteroatoms. The molecule has 112 valence electrons. The second kappa shape index (κ2) is 5.85. The second-order valence-electron chi connectivity index (χ2n) is 5.10. The molecule has 4 aromatic rings. The number of nitrogens with one attached hydrogen (secondary N) is 1. The number of rotatable bonds is 3. The minimum Gasteiger partial charge on any atom is -0.339 e. The molecular formula is C18H13BrN4. The van der Waals surface area contributed by atoms with Gasteiger partial charge in [0.05, 0.1) is 0 Å². The third kappa shape index (κ3) is 2.71. The Morgan fingerprint density at radius 2 is 1.70 bits per heavy atom. The Balaban J connectivity index is 1.89. The first-order chi connectivity index (χ1) is 11.3. The molecule has 0 saturated heterocycles. The number of hydrogen-bond donors (Lipinski definition) is 1. The molecule has 1 N–H and O–H groups in total. The average Bonchev–Trinajstić information content (AvgIpc) is 2.95. The topological polar surface area (TPSA) is 42.2 Å². The van der Waals surface area contributed by atoms with Crippen molar-refractivity contribution in [2.75, 3.05) is 5.32 Å². The van der Waals surface area contributed by atoms with E-state index in [9.17, 15) is 0 Å². The highest BCUT2D eigenvalue weighted by molar-refractivity contribution is 9.10. The van der Waals surface area contributed by atoms with E-state index in [1.165, 1.54) is 0 Å². The standard InChI is InChI=1S/C18H13BrN4/c19-14-9-7-13(8-10-14)16-17(21-15-5-2-1-3-6-15)23-12-4-11-20-18(23)22-16/h1-12,21H. The van der Waals surface area contributed by atoms with Crippen LogP contribution in [0.25, 0.3) is 17.0 Å². The van der Waals surface area contributed by atoms with Crippen molar-refractivity contribution in [3.8, 4) is 11.3 Å². The van der Waals surface area contributed by atoms with E-state index < -0.39 is 0 Å². The summed E-state index contributed by atoms with van der Waals surface area (Å²) in [6, 6.07) is 20.1. The monoisotopic (exact) mass is 364 g/mol. The third-order valence-electron chi connectivity index (χ3n) is 3.56. The molecule has 0 bridgehead atoms. The molecule has 0 spiro atoms. The SMILES string of the molecule is Brc1ccc(-c2nc3ncccn3c2Nc2ccccc2)cc1. The summed E-state index contributed by atoms with van der Waals surface area (Å²) in [6.45, 7) is 0. The number of aromatic nitrogens is 3. The Morgan fingerprint density at radius 1 is 0.913 bits per heavy atom. The number of benzene rings is 2. The van der Waals surface area contributed by atoms with Crippen molar-refractivity contribution < 1.29 is 0 Å². The normalized spacial score (nSPS) is 10.8. The molecule has 4 rings (SSSR count). The Morgan fingerprint density at radius 3 is 2.48 bits per heavy atom. The van der Waals surface area contributed by atoms with Gasteiger partial charge in [-0.05, 0) is 30.3 Å². The Labute approximate surface area is 142 Å². The van der Waals surface area contributed by atoms with Crippen LogP contribution < -0.4 is 5.32 Å². The van der Waals surface area contributed by atoms with Crippen LogP contribution in [0, 0.1) is 0 Å². The van der Waals surface area contributed by atoms with E-state index in [1.54, 1.807) is 6.20 Å². The van der Waals surface area contributed by atoms with Gasteiger partial charge in [0.1, 0.15) is 11.5 Å². The van der Waals surface area contributed by atoms with E-state index in [0.717, 1.165) is 27.2 Å². The van der Waals surface area contributed by atoms with Crippen LogP contribution in [-0.4, -0.2) is 14.4 Å². The van der Waals surface area contributed by atoms with E-state index in [1.807, 2.05) is 71.3 Å². The van der Waals surface area contributed by atoms with Crippen molar-refractivity contribution >= 4 is 33.2 Å². The summed E-state index contributed by atoms with van der Waals surface area (Å²) in [5, 5.41) is 3.46. The summed E-state index contributed by atoms with van der Waals surface area (Å²) < 4.78 is 3.00. The van der Waals surface area contributed by atoms with Gasteiger partial charge in [-0.25, -0.2) is 9.97 Å². The van der Waals surface area contributed by atoms with Gasteiger partial charge in [0.2, 0.25) is 5.78 Å². The fourth-order valence-electron chi connectivity index (χ4n) is 2.47. The lowest BCUT2D eigenvalue weighted by Crippen LogP contribution is -1.97. The zero-order valence-electron chi connectivity index (χ0n) is 12.1. The molecule has 23 heavy (non-hydrogen) atoms. The van der Waals surface area contributed by atoms with Crippen molar-refractivity contribution in [2.45, 2.75) is 0 Å².